The minimum atomic E-state index is -0.806. The van der Waals surface area contributed by atoms with Gasteiger partial charge >= 0.3 is 5.97 Å². The number of carboxylic acid groups (broad SMARTS) is 1. The highest BCUT2D eigenvalue weighted by atomic mass is 35.5. The van der Waals surface area contributed by atoms with Crippen molar-refractivity contribution in [2.45, 2.75) is 19.3 Å². The fraction of sp³-hybridized carbons (Fsp3) is 0.150. The van der Waals surface area contributed by atoms with E-state index in [9.17, 15) is 9.90 Å². The lowest BCUT2D eigenvalue weighted by atomic mass is 9.98. The maximum Gasteiger partial charge on any atom is 0.312 e. The Kier molecular flexibility index (Phi) is 5.41. The molecule has 1 aromatic heterocycles. The molecule has 1 atom stereocenters. The van der Waals surface area contributed by atoms with Crippen LogP contribution in [0.15, 0.2) is 60.0 Å². The van der Waals surface area contributed by atoms with Crippen molar-refractivity contribution < 1.29 is 14.6 Å². The number of halogens is 1. The predicted octanol–water partition coefficient (Wildman–Crippen LogP) is 5.91. The van der Waals surface area contributed by atoms with Crippen LogP contribution < -0.4 is 4.74 Å². The lowest BCUT2D eigenvalue weighted by molar-refractivity contribution is -0.138. The number of thiophene rings is 1. The van der Waals surface area contributed by atoms with Crippen LogP contribution in [0.5, 0.6) is 11.5 Å². The van der Waals surface area contributed by atoms with Crippen LogP contribution in [-0.2, 0) is 11.2 Å². The van der Waals surface area contributed by atoms with Gasteiger partial charge in [-0.15, -0.1) is 11.3 Å². The first-order chi connectivity index (χ1) is 12.0. The average Bonchev–Trinajstić information content (AvgIpc) is 3.11. The Hall–Kier alpha value is -2.30. The van der Waals surface area contributed by atoms with Crippen molar-refractivity contribution in [3.05, 3.63) is 81.0 Å². The number of hydrogen-bond acceptors (Lipinski definition) is 3. The van der Waals surface area contributed by atoms with Gasteiger partial charge in [0.1, 0.15) is 11.5 Å². The molecule has 2 aromatic carbocycles. The van der Waals surface area contributed by atoms with Gasteiger partial charge in [-0.3, -0.25) is 4.79 Å². The predicted molar refractivity (Wildman–Crippen MR) is 101 cm³/mol. The Labute approximate surface area is 155 Å². The molecule has 0 fully saturated rings. The molecule has 0 radical (unpaired) electrons. The molecule has 0 spiro atoms. The van der Waals surface area contributed by atoms with Gasteiger partial charge in [0.2, 0.25) is 0 Å². The monoisotopic (exact) mass is 372 g/mol. The summed E-state index contributed by atoms with van der Waals surface area (Å²) in [6, 6.07) is 16.8. The molecule has 0 bridgehead atoms. The second kappa shape index (κ2) is 7.72. The summed E-state index contributed by atoms with van der Waals surface area (Å²) < 4.78 is 5.82. The molecule has 128 valence electrons. The molecule has 25 heavy (non-hydrogen) atoms. The molecule has 3 aromatic rings. The molecule has 1 N–H and O–H groups in total. The van der Waals surface area contributed by atoms with Crippen LogP contribution in [0.1, 0.15) is 21.9 Å². The molecule has 3 rings (SSSR count). The number of carboxylic acids is 1. The quantitative estimate of drug-likeness (QED) is 0.584. The molecule has 1 heterocycles. The van der Waals surface area contributed by atoms with Crippen LogP contribution in [0.3, 0.4) is 0 Å². The van der Waals surface area contributed by atoms with E-state index in [-0.39, 0.29) is 0 Å². The van der Waals surface area contributed by atoms with Gasteiger partial charge in [0.05, 0.1) is 5.92 Å². The summed E-state index contributed by atoms with van der Waals surface area (Å²) in [7, 11) is 0. The van der Waals surface area contributed by atoms with Gasteiger partial charge in [-0.1, -0.05) is 29.8 Å². The molecule has 5 heteroatoms. The summed E-state index contributed by atoms with van der Waals surface area (Å²) in [6.07, 6.45) is 0.455. The maximum atomic E-state index is 11.5. The zero-order valence-electron chi connectivity index (χ0n) is 13.6. The molecular formula is C20H17ClO3S. The molecule has 0 aliphatic carbocycles. The Balaban J connectivity index is 1.71. The number of ether oxygens (including phenoxy) is 1. The van der Waals surface area contributed by atoms with Crippen molar-refractivity contribution in [2.75, 3.05) is 0 Å². The molecule has 0 saturated carbocycles. The first-order valence-corrected chi connectivity index (χ1v) is 9.08. The Morgan fingerprint density at radius 3 is 2.48 bits per heavy atom. The van der Waals surface area contributed by atoms with Crippen LogP contribution in [0.25, 0.3) is 0 Å². The largest absolute Gasteiger partial charge is 0.481 e. The third kappa shape index (κ3) is 4.41. The summed E-state index contributed by atoms with van der Waals surface area (Å²) in [5.74, 6) is 0.0928. The molecule has 0 saturated heterocycles. The van der Waals surface area contributed by atoms with E-state index in [4.69, 9.17) is 16.3 Å². The summed E-state index contributed by atoms with van der Waals surface area (Å²) in [6.45, 7) is 1.93. The number of hydrogen-bond donors (Lipinski definition) is 1. The van der Waals surface area contributed by atoms with Crippen molar-refractivity contribution >= 4 is 28.9 Å². The second-order valence-corrected chi connectivity index (χ2v) is 7.15. The van der Waals surface area contributed by atoms with Gasteiger partial charge in [0, 0.05) is 9.90 Å². The third-order valence-electron chi connectivity index (χ3n) is 3.91. The van der Waals surface area contributed by atoms with Crippen molar-refractivity contribution in [3.63, 3.8) is 0 Å². The standard InChI is InChI=1S/C20H17ClO3S/c1-13-11-16(8-9-18(13)21)24-15-6-4-14(5-7-15)12-17(20(22)23)19-3-2-10-25-19/h2-11,17H,12H2,1H3,(H,22,23). The molecule has 3 nitrogen and oxygen atoms in total. The van der Waals surface area contributed by atoms with Crippen LogP contribution >= 0.6 is 22.9 Å². The van der Waals surface area contributed by atoms with E-state index < -0.39 is 11.9 Å². The lowest BCUT2D eigenvalue weighted by Gasteiger charge is -2.12. The topological polar surface area (TPSA) is 46.5 Å². The van der Waals surface area contributed by atoms with Gasteiger partial charge < -0.3 is 9.84 Å². The molecule has 0 aliphatic heterocycles. The van der Waals surface area contributed by atoms with Crippen LogP contribution in [0, 0.1) is 6.92 Å². The zero-order chi connectivity index (χ0) is 17.8. The highest BCUT2D eigenvalue weighted by Crippen LogP contribution is 2.28. The highest BCUT2D eigenvalue weighted by Gasteiger charge is 2.21. The van der Waals surface area contributed by atoms with Gasteiger partial charge in [0.15, 0.2) is 0 Å². The van der Waals surface area contributed by atoms with Crippen LogP contribution in [-0.4, -0.2) is 11.1 Å². The Morgan fingerprint density at radius 1 is 1.16 bits per heavy atom. The fourth-order valence-electron chi connectivity index (χ4n) is 2.55. The van der Waals surface area contributed by atoms with Gasteiger partial charge in [0.25, 0.3) is 0 Å². The van der Waals surface area contributed by atoms with Crippen LogP contribution in [0.4, 0.5) is 0 Å². The average molecular weight is 373 g/mol. The normalized spacial score (nSPS) is 11.9. The van der Waals surface area contributed by atoms with E-state index >= 15 is 0 Å². The zero-order valence-corrected chi connectivity index (χ0v) is 15.2. The smallest absolute Gasteiger partial charge is 0.312 e. The number of aryl methyl sites for hydroxylation is 1. The van der Waals surface area contributed by atoms with Crippen molar-refractivity contribution in [1.29, 1.82) is 0 Å². The third-order valence-corrected chi connectivity index (χ3v) is 5.32. The molecule has 0 aliphatic rings. The minimum Gasteiger partial charge on any atom is -0.481 e. The summed E-state index contributed by atoms with van der Waals surface area (Å²) in [5, 5.41) is 12.1. The van der Waals surface area contributed by atoms with E-state index in [2.05, 4.69) is 0 Å². The molecular weight excluding hydrogens is 356 g/mol. The van der Waals surface area contributed by atoms with E-state index in [0.717, 1.165) is 21.8 Å². The number of benzene rings is 2. The van der Waals surface area contributed by atoms with Gasteiger partial charge in [-0.2, -0.15) is 0 Å². The fourth-order valence-corrected chi connectivity index (χ4v) is 3.48. The lowest BCUT2D eigenvalue weighted by Crippen LogP contribution is -2.13. The number of rotatable bonds is 6. The summed E-state index contributed by atoms with van der Waals surface area (Å²) in [5.41, 5.74) is 1.91. The Morgan fingerprint density at radius 2 is 1.88 bits per heavy atom. The first kappa shape index (κ1) is 17.5. The van der Waals surface area contributed by atoms with E-state index in [1.165, 1.54) is 11.3 Å². The second-order valence-electron chi connectivity index (χ2n) is 5.77. The van der Waals surface area contributed by atoms with Crippen molar-refractivity contribution in [3.8, 4) is 11.5 Å². The summed E-state index contributed by atoms with van der Waals surface area (Å²) >= 11 is 7.49. The first-order valence-electron chi connectivity index (χ1n) is 7.82. The summed E-state index contributed by atoms with van der Waals surface area (Å²) in [4.78, 5) is 12.4. The van der Waals surface area contributed by atoms with E-state index in [1.54, 1.807) is 6.07 Å². The molecule has 1 unspecified atom stereocenters. The van der Waals surface area contributed by atoms with E-state index in [0.29, 0.717) is 17.2 Å². The van der Waals surface area contributed by atoms with Gasteiger partial charge in [-0.05, 0) is 66.2 Å². The Bertz CT molecular complexity index is 857. The van der Waals surface area contributed by atoms with Crippen molar-refractivity contribution in [1.82, 2.24) is 0 Å². The van der Waals surface area contributed by atoms with E-state index in [1.807, 2.05) is 60.8 Å². The van der Waals surface area contributed by atoms with Crippen LogP contribution in [0.2, 0.25) is 5.02 Å². The number of carbonyl (C=O) groups is 1. The molecule has 0 amide bonds. The van der Waals surface area contributed by atoms with Crippen molar-refractivity contribution in [2.24, 2.45) is 0 Å². The highest BCUT2D eigenvalue weighted by molar-refractivity contribution is 7.10. The maximum absolute atomic E-state index is 11.5. The minimum absolute atomic E-state index is 0.455. The van der Waals surface area contributed by atoms with Gasteiger partial charge in [-0.25, -0.2) is 0 Å². The number of aliphatic carboxylic acids is 1. The SMILES string of the molecule is Cc1cc(Oc2ccc(CC(C(=O)O)c3cccs3)cc2)ccc1Cl.